The molecule has 2 aromatic carbocycles. The molecule has 110 valence electrons. The molecule has 2 aromatic rings. The first-order valence-electron chi connectivity index (χ1n) is 6.75. The molecule has 1 aliphatic rings. The zero-order valence-corrected chi connectivity index (χ0v) is 11.9. The SMILES string of the molecule is COC(=O)[C@H](c1ccccc1)N1C(=O)c2ccccc2C1=O. The molecule has 1 heterocycles. The lowest BCUT2D eigenvalue weighted by Gasteiger charge is -2.24. The summed E-state index contributed by atoms with van der Waals surface area (Å²) in [6.45, 7) is 0. The number of fused-ring (bicyclic) bond motifs is 1. The number of benzene rings is 2. The minimum absolute atomic E-state index is 0.303. The van der Waals surface area contributed by atoms with Crippen LogP contribution >= 0.6 is 0 Å². The van der Waals surface area contributed by atoms with Crippen LogP contribution in [0.15, 0.2) is 54.6 Å². The molecule has 22 heavy (non-hydrogen) atoms. The van der Waals surface area contributed by atoms with Crippen molar-refractivity contribution in [1.82, 2.24) is 4.90 Å². The summed E-state index contributed by atoms with van der Waals surface area (Å²) in [5, 5.41) is 0. The van der Waals surface area contributed by atoms with Crippen molar-refractivity contribution in [1.29, 1.82) is 0 Å². The maximum absolute atomic E-state index is 12.5. The van der Waals surface area contributed by atoms with Crippen LogP contribution < -0.4 is 0 Å². The van der Waals surface area contributed by atoms with E-state index < -0.39 is 23.8 Å². The van der Waals surface area contributed by atoms with E-state index in [9.17, 15) is 14.4 Å². The van der Waals surface area contributed by atoms with E-state index in [1.165, 1.54) is 7.11 Å². The van der Waals surface area contributed by atoms with Gasteiger partial charge in [-0.1, -0.05) is 42.5 Å². The van der Waals surface area contributed by atoms with Gasteiger partial charge in [0.15, 0.2) is 6.04 Å². The minimum atomic E-state index is -1.08. The van der Waals surface area contributed by atoms with E-state index in [0.29, 0.717) is 16.7 Å². The number of nitrogens with zero attached hydrogens (tertiary/aromatic N) is 1. The molecule has 0 bridgehead atoms. The molecular weight excluding hydrogens is 282 g/mol. The van der Waals surface area contributed by atoms with Crippen LogP contribution in [0.4, 0.5) is 0 Å². The summed E-state index contributed by atoms with van der Waals surface area (Å²) in [6.07, 6.45) is 0. The van der Waals surface area contributed by atoms with Crippen LogP contribution in [0.5, 0.6) is 0 Å². The van der Waals surface area contributed by atoms with E-state index >= 15 is 0 Å². The maximum atomic E-state index is 12.5. The first kappa shape index (κ1) is 14.0. The Labute approximate surface area is 127 Å². The van der Waals surface area contributed by atoms with E-state index in [4.69, 9.17) is 4.74 Å². The van der Waals surface area contributed by atoms with E-state index in [1.807, 2.05) is 0 Å². The third-order valence-corrected chi connectivity index (χ3v) is 3.62. The second kappa shape index (κ2) is 5.44. The highest BCUT2D eigenvalue weighted by molar-refractivity contribution is 6.22. The monoisotopic (exact) mass is 295 g/mol. The number of imide groups is 1. The average molecular weight is 295 g/mol. The Balaban J connectivity index is 2.09. The standard InChI is InChI=1S/C17H13NO4/c1-22-17(21)14(11-7-3-2-4-8-11)18-15(19)12-9-5-6-10-13(12)16(18)20/h2-10,14H,1H3/t14-/m0/s1. The van der Waals surface area contributed by atoms with Crippen molar-refractivity contribution in [2.75, 3.05) is 7.11 Å². The molecule has 2 amide bonds. The normalized spacial score (nSPS) is 14.7. The minimum Gasteiger partial charge on any atom is -0.467 e. The van der Waals surface area contributed by atoms with Gasteiger partial charge in [0.1, 0.15) is 0 Å². The molecule has 0 aromatic heterocycles. The van der Waals surface area contributed by atoms with Crippen molar-refractivity contribution in [3.8, 4) is 0 Å². The number of carbonyl (C=O) groups is 3. The Hall–Kier alpha value is -2.95. The molecule has 0 N–H and O–H groups in total. The predicted octanol–water partition coefficient (Wildman–Crippen LogP) is 2.20. The van der Waals surface area contributed by atoms with Crippen LogP contribution in [0.1, 0.15) is 32.3 Å². The lowest BCUT2D eigenvalue weighted by molar-refractivity contribution is -0.145. The number of ether oxygens (including phenoxy) is 1. The zero-order valence-electron chi connectivity index (χ0n) is 11.9. The third kappa shape index (κ3) is 2.07. The fraction of sp³-hybridized carbons (Fsp3) is 0.118. The summed E-state index contributed by atoms with van der Waals surface area (Å²) in [7, 11) is 1.23. The van der Waals surface area contributed by atoms with Crippen molar-refractivity contribution in [2.45, 2.75) is 6.04 Å². The highest BCUT2D eigenvalue weighted by Gasteiger charge is 2.43. The predicted molar refractivity (Wildman–Crippen MR) is 78.1 cm³/mol. The van der Waals surface area contributed by atoms with Crippen LogP contribution in [0.2, 0.25) is 0 Å². The Morgan fingerprint density at radius 2 is 1.41 bits per heavy atom. The van der Waals surface area contributed by atoms with Crippen LogP contribution in [-0.4, -0.2) is 29.8 Å². The summed E-state index contributed by atoms with van der Waals surface area (Å²) in [6, 6.07) is 14.1. The van der Waals surface area contributed by atoms with Gasteiger partial charge >= 0.3 is 5.97 Å². The molecule has 5 nitrogen and oxygen atoms in total. The van der Waals surface area contributed by atoms with Gasteiger partial charge in [0.25, 0.3) is 11.8 Å². The van der Waals surface area contributed by atoms with Crippen LogP contribution in [0, 0.1) is 0 Å². The van der Waals surface area contributed by atoms with Gasteiger partial charge in [0, 0.05) is 0 Å². The number of esters is 1. The average Bonchev–Trinajstić information content (AvgIpc) is 2.81. The Bertz CT molecular complexity index is 719. The molecule has 3 rings (SSSR count). The van der Waals surface area contributed by atoms with E-state index in [1.54, 1.807) is 54.6 Å². The van der Waals surface area contributed by atoms with Gasteiger partial charge in [-0.15, -0.1) is 0 Å². The Morgan fingerprint density at radius 3 is 1.91 bits per heavy atom. The second-order valence-electron chi connectivity index (χ2n) is 4.86. The first-order valence-corrected chi connectivity index (χ1v) is 6.75. The van der Waals surface area contributed by atoms with Crippen LogP contribution in [0.25, 0.3) is 0 Å². The molecule has 0 aliphatic carbocycles. The topological polar surface area (TPSA) is 63.7 Å². The number of hydrogen-bond acceptors (Lipinski definition) is 4. The molecule has 0 fully saturated rings. The Kier molecular flexibility index (Phi) is 3.47. The molecule has 0 saturated heterocycles. The molecule has 5 heteroatoms. The summed E-state index contributed by atoms with van der Waals surface area (Å²) < 4.78 is 4.79. The van der Waals surface area contributed by atoms with Gasteiger partial charge in [0.05, 0.1) is 18.2 Å². The first-order chi connectivity index (χ1) is 10.6. The number of hydrogen-bond donors (Lipinski definition) is 0. The molecule has 1 aliphatic heterocycles. The molecular formula is C17H13NO4. The quantitative estimate of drug-likeness (QED) is 0.643. The molecule has 0 saturated carbocycles. The Morgan fingerprint density at radius 1 is 0.909 bits per heavy atom. The van der Waals surface area contributed by atoms with Gasteiger partial charge < -0.3 is 4.74 Å². The molecule has 0 radical (unpaired) electrons. The third-order valence-electron chi connectivity index (χ3n) is 3.62. The fourth-order valence-electron chi connectivity index (χ4n) is 2.58. The second-order valence-corrected chi connectivity index (χ2v) is 4.86. The van der Waals surface area contributed by atoms with Gasteiger partial charge in [-0.2, -0.15) is 0 Å². The summed E-state index contributed by atoms with van der Waals surface area (Å²) >= 11 is 0. The van der Waals surface area contributed by atoms with Crippen molar-refractivity contribution >= 4 is 17.8 Å². The maximum Gasteiger partial charge on any atom is 0.333 e. The number of methoxy groups -OCH3 is 1. The highest BCUT2D eigenvalue weighted by Crippen LogP contribution is 2.32. The van der Waals surface area contributed by atoms with Crippen molar-refractivity contribution in [3.63, 3.8) is 0 Å². The molecule has 1 atom stereocenters. The molecule has 0 unspecified atom stereocenters. The van der Waals surface area contributed by atoms with E-state index in [2.05, 4.69) is 0 Å². The van der Waals surface area contributed by atoms with Crippen LogP contribution in [0.3, 0.4) is 0 Å². The fourth-order valence-corrected chi connectivity index (χ4v) is 2.58. The van der Waals surface area contributed by atoms with E-state index in [-0.39, 0.29) is 0 Å². The summed E-state index contributed by atoms with van der Waals surface area (Å²) in [5.41, 5.74) is 1.14. The smallest absolute Gasteiger partial charge is 0.333 e. The van der Waals surface area contributed by atoms with Gasteiger partial charge in [-0.25, -0.2) is 4.79 Å². The number of carbonyl (C=O) groups excluding carboxylic acids is 3. The summed E-state index contributed by atoms with van der Waals surface area (Å²) in [5.74, 6) is -1.62. The van der Waals surface area contributed by atoms with E-state index in [0.717, 1.165) is 4.90 Å². The zero-order chi connectivity index (χ0) is 15.7. The van der Waals surface area contributed by atoms with Gasteiger partial charge in [-0.3, -0.25) is 14.5 Å². The summed E-state index contributed by atoms with van der Waals surface area (Å²) in [4.78, 5) is 38.2. The van der Waals surface area contributed by atoms with Crippen molar-refractivity contribution in [3.05, 3.63) is 71.3 Å². The van der Waals surface area contributed by atoms with Crippen molar-refractivity contribution < 1.29 is 19.1 Å². The lowest BCUT2D eigenvalue weighted by Crippen LogP contribution is -2.39. The lowest BCUT2D eigenvalue weighted by atomic mass is 10.1. The number of rotatable bonds is 3. The van der Waals surface area contributed by atoms with Crippen LogP contribution in [-0.2, 0) is 9.53 Å². The highest BCUT2D eigenvalue weighted by atomic mass is 16.5. The molecule has 0 spiro atoms. The van der Waals surface area contributed by atoms with Gasteiger partial charge in [0.2, 0.25) is 0 Å². The van der Waals surface area contributed by atoms with Crippen molar-refractivity contribution in [2.24, 2.45) is 0 Å². The largest absolute Gasteiger partial charge is 0.467 e. The number of amides is 2. The van der Waals surface area contributed by atoms with Gasteiger partial charge in [-0.05, 0) is 17.7 Å².